The Morgan fingerprint density at radius 2 is 1.93 bits per heavy atom. The molecule has 0 atom stereocenters. The number of ether oxygens (including phenoxy) is 2. The predicted molar refractivity (Wildman–Crippen MR) is 94.8 cm³/mol. The molecule has 12 heteroatoms. The van der Waals surface area contributed by atoms with E-state index in [0.29, 0.717) is 0 Å². The van der Waals surface area contributed by atoms with Crippen LogP contribution in [0.2, 0.25) is 0 Å². The Balaban J connectivity index is 2.49. The van der Waals surface area contributed by atoms with Gasteiger partial charge in [0.15, 0.2) is 5.69 Å². The third-order valence-corrected chi connectivity index (χ3v) is 4.35. The molecule has 1 N–H and O–H groups in total. The Hall–Kier alpha value is -2.92. The summed E-state index contributed by atoms with van der Waals surface area (Å²) < 4.78 is 75.7. The molecule has 0 unspecified atom stereocenters. The van der Waals surface area contributed by atoms with Crippen LogP contribution in [0.1, 0.15) is 36.8 Å². The molecular weight excluding hydrogens is 417 g/mol. The highest BCUT2D eigenvalue weighted by atomic mass is 19.4. The number of hydrogen-bond donors (Lipinski definition) is 1. The number of carboxylic acids is 1. The number of rotatable bonds is 8. The first kappa shape index (κ1) is 23.4. The number of pyridine rings is 1. The van der Waals surface area contributed by atoms with Gasteiger partial charge in [-0.2, -0.15) is 27.1 Å². The average Bonchev–Trinajstić information content (AvgIpc) is 2.95. The number of aromatic nitrogens is 3. The molecule has 30 heavy (non-hydrogen) atoms. The van der Waals surface area contributed by atoms with Crippen LogP contribution in [0.15, 0.2) is 12.3 Å². The first-order valence-electron chi connectivity index (χ1n) is 8.74. The SMILES string of the molecule is CCn1nc(C(=O)O)c(C)c1-c1cnc(OCC(C)(C)C(F)(F)F)cc1OC(F)F. The summed E-state index contributed by atoms with van der Waals surface area (Å²) in [6.07, 6.45) is -3.48. The lowest BCUT2D eigenvalue weighted by Gasteiger charge is -2.27. The van der Waals surface area contributed by atoms with Crippen molar-refractivity contribution >= 4 is 5.97 Å². The van der Waals surface area contributed by atoms with Crippen molar-refractivity contribution in [1.82, 2.24) is 14.8 Å². The summed E-state index contributed by atoms with van der Waals surface area (Å²) in [5.74, 6) is -2.10. The largest absolute Gasteiger partial charge is 0.477 e. The molecule has 0 amide bonds. The lowest BCUT2D eigenvalue weighted by atomic mass is 9.94. The summed E-state index contributed by atoms with van der Waals surface area (Å²) in [6.45, 7) is 1.13. The van der Waals surface area contributed by atoms with Crippen molar-refractivity contribution in [2.24, 2.45) is 5.41 Å². The van der Waals surface area contributed by atoms with Crippen LogP contribution in [-0.4, -0.2) is 45.2 Å². The monoisotopic (exact) mass is 437 g/mol. The van der Waals surface area contributed by atoms with Crippen LogP contribution in [0.25, 0.3) is 11.3 Å². The van der Waals surface area contributed by atoms with E-state index >= 15 is 0 Å². The molecule has 0 saturated heterocycles. The minimum Gasteiger partial charge on any atom is -0.477 e. The summed E-state index contributed by atoms with van der Waals surface area (Å²) in [5.41, 5.74) is -2.11. The molecule has 2 heterocycles. The van der Waals surface area contributed by atoms with Crippen molar-refractivity contribution in [3.8, 4) is 22.9 Å². The van der Waals surface area contributed by atoms with Gasteiger partial charge in [-0.15, -0.1) is 0 Å². The lowest BCUT2D eigenvalue weighted by molar-refractivity contribution is -0.219. The average molecular weight is 437 g/mol. The molecule has 0 radical (unpaired) electrons. The van der Waals surface area contributed by atoms with E-state index in [1.807, 2.05) is 0 Å². The van der Waals surface area contributed by atoms with Crippen LogP contribution in [0.3, 0.4) is 0 Å². The Bertz CT molecular complexity index is 925. The molecule has 166 valence electrons. The standard InChI is InChI=1S/C18H20F5N3O4/c1-5-26-14(9(2)13(25-26)15(27)28)10-7-24-12(6-11(10)30-16(19)20)29-8-17(3,4)18(21,22)23/h6-7,16H,5,8H2,1-4H3,(H,27,28). The molecule has 0 fully saturated rings. The summed E-state index contributed by atoms with van der Waals surface area (Å²) in [7, 11) is 0. The van der Waals surface area contributed by atoms with Gasteiger partial charge >= 0.3 is 18.8 Å². The van der Waals surface area contributed by atoms with Crippen LogP contribution in [0, 0.1) is 12.3 Å². The normalized spacial score (nSPS) is 12.3. The van der Waals surface area contributed by atoms with Gasteiger partial charge in [-0.1, -0.05) is 0 Å². The van der Waals surface area contributed by atoms with E-state index in [2.05, 4.69) is 14.8 Å². The van der Waals surface area contributed by atoms with Gasteiger partial charge in [0.2, 0.25) is 5.88 Å². The van der Waals surface area contributed by atoms with Gasteiger partial charge in [-0.3, -0.25) is 4.68 Å². The first-order chi connectivity index (χ1) is 13.8. The van der Waals surface area contributed by atoms with Gasteiger partial charge in [0.05, 0.1) is 16.7 Å². The number of carbonyl (C=O) groups is 1. The number of carboxylic acid groups (broad SMARTS) is 1. The van der Waals surface area contributed by atoms with Crippen LogP contribution >= 0.6 is 0 Å². The minimum atomic E-state index is -4.55. The smallest absolute Gasteiger partial charge is 0.397 e. The van der Waals surface area contributed by atoms with Crippen LogP contribution in [0.4, 0.5) is 22.0 Å². The first-order valence-corrected chi connectivity index (χ1v) is 8.74. The molecule has 2 rings (SSSR count). The maximum Gasteiger partial charge on any atom is 0.397 e. The van der Waals surface area contributed by atoms with Crippen molar-refractivity contribution in [3.63, 3.8) is 0 Å². The number of aromatic carboxylic acids is 1. The third-order valence-electron chi connectivity index (χ3n) is 4.35. The Kier molecular flexibility index (Phi) is 6.57. The van der Waals surface area contributed by atoms with E-state index in [-0.39, 0.29) is 34.9 Å². The van der Waals surface area contributed by atoms with Gasteiger partial charge < -0.3 is 14.6 Å². The fraction of sp³-hybridized carbons (Fsp3) is 0.500. The van der Waals surface area contributed by atoms with Crippen molar-refractivity contribution in [3.05, 3.63) is 23.5 Å². The van der Waals surface area contributed by atoms with E-state index in [0.717, 1.165) is 26.1 Å². The zero-order valence-electron chi connectivity index (χ0n) is 16.5. The fourth-order valence-corrected chi connectivity index (χ4v) is 2.53. The second kappa shape index (κ2) is 8.44. The molecule has 0 bridgehead atoms. The molecule has 0 aliphatic heterocycles. The lowest BCUT2D eigenvalue weighted by Crippen LogP contribution is -2.37. The quantitative estimate of drug-likeness (QED) is 0.611. The van der Waals surface area contributed by atoms with Crippen molar-refractivity contribution < 1.29 is 41.3 Å². The van der Waals surface area contributed by atoms with E-state index in [4.69, 9.17) is 4.74 Å². The fourth-order valence-electron chi connectivity index (χ4n) is 2.53. The summed E-state index contributed by atoms with van der Waals surface area (Å²) in [6, 6.07) is 0.931. The second-order valence-corrected chi connectivity index (χ2v) is 7.01. The number of nitrogens with zero attached hydrogens (tertiary/aromatic N) is 3. The molecule has 2 aromatic rings. The second-order valence-electron chi connectivity index (χ2n) is 7.01. The molecule has 2 aromatic heterocycles. The summed E-state index contributed by atoms with van der Waals surface area (Å²) in [4.78, 5) is 15.2. The molecule has 0 saturated carbocycles. The molecule has 0 aliphatic carbocycles. The van der Waals surface area contributed by atoms with E-state index in [1.54, 1.807) is 6.92 Å². The van der Waals surface area contributed by atoms with E-state index < -0.39 is 36.5 Å². The minimum absolute atomic E-state index is 0.00270. The highest BCUT2D eigenvalue weighted by molar-refractivity contribution is 5.90. The van der Waals surface area contributed by atoms with Gasteiger partial charge in [-0.05, 0) is 27.7 Å². The highest BCUT2D eigenvalue weighted by Crippen LogP contribution is 2.39. The van der Waals surface area contributed by atoms with Crippen LogP contribution in [0.5, 0.6) is 11.6 Å². The van der Waals surface area contributed by atoms with Crippen LogP contribution in [-0.2, 0) is 6.54 Å². The topological polar surface area (TPSA) is 86.5 Å². The maximum absolute atomic E-state index is 13.0. The Labute approximate surface area is 168 Å². The number of alkyl halides is 5. The maximum atomic E-state index is 13.0. The molecule has 0 aromatic carbocycles. The molecule has 0 spiro atoms. The van der Waals surface area contributed by atoms with Gasteiger partial charge in [-0.25, -0.2) is 9.78 Å². The van der Waals surface area contributed by atoms with Gasteiger partial charge in [0.25, 0.3) is 0 Å². The van der Waals surface area contributed by atoms with Gasteiger partial charge in [0.1, 0.15) is 12.4 Å². The van der Waals surface area contributed by atoms with E-state index in [1.165, 1.54) is 11.6 Å². The van der Waals surface area contributed by atoms with Crippen molar-refractivity contribution in [2.75, 3.05) is 6.61 Å². The molecule has 7 nitrogen and oxygen atoms in total. The van der Waals surface area contributed by atoms with Gasteiger partial charge in [0, 0.05) is 24.4 Å². The molecule has 0 aliphatic rings. The van der Waals surface area contributed by atoms with Crippen LogP contribution < -0.4 is 9.47 Å². The number of hydrogen-bond acceptors (Lipinski definition) is 5. The summed E-state index contributed by atoms with van der Waals surface area (Å²) in [5, 5.41) is 13.2. The van der Waals surface area contributed by atoms with E-state index in [9.17, 15) is 31.9 Å². The van der Waals surface area contributed by atoms with Crippen molar-refractivity contribution in [1.29, 1.82) is 0 Å². The Morgan fingerprint density at radius 1 is 1.30 bits per heavy atom. The molecular formula is C18H20F5N3O4. The predicted octanol–water partition coefficient (Wildman–Crippen LogP) is 4.54. The number of aryl methyl sites for hydroxylation is 1. The Morgan fingerprint density at radius 3 is 2.43 bits per heavy atom. The zero-order valence-corrected chi connectivity index (χ0v) is 16.5. The zero-order chi connectivity index (χ0) is 22.9. The van der Waals surface area contributed by atoms with Crippen molar-refractivity contribution in [2.45, 2.75) is 47.0 Å². The number of halogens is 5. The summed E-state index contributed by atoms with van der Waals surface area (Å²) >= 11 is 0. The third kappa shape index (κ3) is 4.79. The highest BCUT2D eigenvalue weighted by Gasteiger charge is 2.48.